The number of aromatic nitrogens is 3. The highest BCUT2D eigenvalue weighted by Gasteiger charge is 2.13. The number of aryl methyl sites for hydroxylation is 2. The summed E-state index contributed by atoms with van der Waals surface area (Å²) in [5, 5.41) is 4.32. The first kappa shape index (κ1) is 13.6. The van der Waals surface area contributed by atoms with E-state index in [9.17, 15) is 4.79 Å². The minimum atomic E-state index is -0.257. The van der Waals surface area contributed by atoms with E-state index < -0.39 is 0 Å². The molecule has 1 atom stereocenters. The van der Waals surface area contributed by atoms with Crippen molar-refractivity contribution >= 4 is 5.65 Å². The maximum Gasteiger partial charge on any atom is 0.350 e. The number of pyridine rings is 1. The molecule has 2 heterocycles. The third-order valence-corrected chi connectivity index (χ3v) is 3.69. The number of benzene rings is 1. The summed E-state index contributed by atoms with van der Waals surface area (Å²) in [6, 6.07) is 11.4. The molecule has 0 amide bonds. The molecule has 2 aromatic heterocycles. The summed E-state index contributed by atoms with van der Waals surface area (Å²) in [5.41, 5.74) is 10.1. The van der Waals surface area contributed by atoms with Crippen LogP contribution in [-0.2, 0) is 6.54 Å². The molecule has 0 spiro atoms. The third kappa shape index (κ3) is 2.48. The first-order valence-corrected chi connectivity index (χ1v) is 6.93. The molecule has 1 unspecified atom stereocenters. The zero-order chi connectivity index (χ0) is 15.0. The maximum atomic E-state index is 12.3. The molecule has 0 fully saturated rings. The summed E-state index contributed by atoms with van der Waals surface area (Å²) >= 11 is 0. The van der Waals surface area contributed by atoms with Gasteiger partial charge in [0.2, 0.25) is 0 Å². The van der Waals surface area contributed by atoms with Gasteiger partial charge in [-0.05, 0) is 37.1 Å². The summed E-state index contributed by atoms with van der Waals surface area (Å²) in [7, 11) is 0. The average Bonchev–Trinajstić information content (AvgIpc) is 2.78. The van der Waals surface area contributed by atoms with Gasteiger partial charge in [0.25, 0.3) is 0 Å². The van der Waals surface area contributed by atoms with Crippen molar-refractivity contribution in [3.8, 4) is 0 Å². The van der Waals surface area contributed by atoms with Gasteiger partial charge in [0.05, 0.1) is 6.54 Å². The van der Waals surface area contributed by atoms with E-state index in [-0.39, 0.29) is 11.7 Å². The van der Waals surface area contributed by atoms with E-state index in [1.165, 1.54) is 9.08 Å². The van der Waals surface area contributed by atoms with Crippen LogP contribution >= 0.6 is 0 Å². The highest BCUT2D eigenvalue weighted by atomic mass is 16.2. The first-order valence-electron chi connectivity index (χ1n) is 6.93. The molecule has 2 N–H and O–H groups in total. The molecule has 0 aliphatic heterocycles. The Hall–Kier alpha value is -2.40. The van der Waals surface area contributed by atoms with Crippen molar-refractivity contribution < 1.29 is 0 Å². The molecule has 3 aromatic rings. The summed E-state index contributed by atoms with van der Waals surface area (Å²) in [6.07, 6.45) is 1.71. The van der Waals surface area contributed by atoms with Crippen molar-refractivity contribution in [3.05, 3.63) is 69.8 Å². The van der Waals surface area contributed by atoms with E-state index in [4.69, 9.17) is 5.73 Å². The Kier molecular flexibility index (Phi) is 3.35. The molecule has 1 aromatic carbocycles. The predicted molar refractivity (Wildman–Crippen MR) is 82.3 cm³/mol. The fraction of sp³-hybridized carbons (Fsp3) is 0.250. The highest BCUT2D eigenvalue weighted by molar-refractivity contribution is 5.36. The topological polar surface area (TPSA) is 65.3 Å². The van der Waals surface area contributed by atoms with Gasteiger partial charge in [-0.2, -0.15) is 0 Å². The molecule has 0 radical (unpaired) electrons. The van der Waals surface area contributed by atoms with Crippen LogP contribution in [0.3, 0.4) is 0 Å². The monoisotopic (exact) mass is 282 g/mol. The predicted octanol–water partition coefficient (Wildman–Crippen LogP) is 1.81. The maximum absolute atomic E-state index is 12.3. The second kappa shape index (κ2) is 5.18. The lowest BCUT2D eigenvalue weighted by molar-refractivity contribution is 0.511. The fourth-order valence-corrected chi connectivity index (χ4v) is 2.53. The molecular formula is C16H18N4O. The van der Waals surface area contributed by atoms with Crippen LogP contribution in [0, 0.1) is 13.8 Å². The minimum absolute atomic E-state index is 0.161. The molecule has 3 rings (SSSR count). The van der Waals surface area contributed by atoms with Crippen molar-refractivity contribution in [2.24, 2.45) is 5.73 Å². The van der Waals surface area contributed by atoms with Crippen LogP contribution in [0.5, 0.6) is 0 Å². The lowest BCUT2D eigenvalue weighted by Crippen LogP contribution is -2.27. The quantitative estimate of drug-likeness (QED) is 0.797. The SMILES string of the molecule is Cc1ccc(C)c(C(N)Cn2nc3ccccn3c2=O)c1. The number of hydrogen-bond donors (Lipinski definition) is 1. The minimum Gasteiger partial charge on any atom is -0.322 e. The van der Waals surface area contributed by atoms with E-state index in [1.54, 1.807) is 12.3 Å². The molecule has 5 nitrogen and oxygen atoms in total. The van der Waals surface area contributed by atoms with Gasteiger partial charge in [-0.1, -0.05) is 29.8 Å². The van der Waals surface area contributed by atoms with Crippen LogP contribution < -0.4 is 11.4 Å². The zero-order valence-corrected chi connectivity index (χ0v) is 12.2. The lowest BCUT2D eigenvalue weighted by Gasteiger charge is -2.15. The van der Waals surface area contributed by atoms with Crippen molar-refractivity contribution in [1.29, 1.82) is 0 Å². The van der Waals surface area contributed by atoms with Crippen LogP contribution in [0.25, 0.3) is 5.65 Å². The van der Waals surface area contributed by atoms with Crippen LogP contribution in [0.15, 0.2) is 47.4 Å². The molecule has 0 saturated heterocycles. The van der Waals surface area contributed by atoms with Gasteiger partial charge in [0.15, 0.2) is 5.65 Å². The smallest absolute Gasteiger partial charge is 0.322 e. The first-order chi connectivity index (χ1) is 10.1. The van der Waals surface area contributed by atoms with Crippen LogP contribution in [0.1, 0.15) is 22.7 Å². The molecule has 0 bridgehead atoms. The van der Waals surface area contributed by atoms with Gasteiger partial charge in [0.1, 0.15) is 0 Å². The molecule has 108 valence electrons. The Morgan fingerprint density at radius 1 is 1.24 bits per heavy atom. The largest absolute Gasteiger partial charge is 0.350 e. The highest BCUT2D eigenvalue weighted by Crippen LogP contribution is 2.18. The number of fused-ring (bicyclic) bond motifs is 1. The Balaban J connectivity index is 1.96. The van der Waals surface area contributed by atoms with Gasteiger partial charge in [-0.25, -0.2) is 9.48 Å². The zero-order valence-electron chi connectivity index (χ0n) is 12.2. The van der Waals surface area contributed by atoms with Crippen molar-refractivity contribution in [1.82, 2.24) is 14.2 Å². The van der Waals surface area contributed by atoms with E-state index in [0.29, 0.717) is 12.2 Å². The molecule has 5 heteroatoms. The number of nitrogens with two attached hydrogens (primary N) is 1. The second-order valence-electron chi connectivity index (χ2n) is 5.36. The van der Waals surface area contributed by atoms with Crippen LogP contribution in [-0.4, -0.2) is 14.2 Å². The molecule has 0 saturated carbocycles. The Morgan fingerprint density at radius 3 is 2.81 bits per heavy atom. The van der Waals surface area contributed by atoms with Gasteiger partial charge < -0.3 is 5.73 Å². The Morgan fingerprint density at radius 2 is 2.05 bits per heavy atom. The number of nitrogens with zero attached hydrogens (tertiary/aromatic N) is 3. The summed E-state index contributed by atoms with van der Waals surface area (Å²) < 4.78 is 2.96. The van der Waals surface area contributed by atoms with Crippen LogP contribution in [0.2, 0.25) is 0 Å². The standard InChI is InChI=1S/C16H18N4O/c1-11-6-7-12(2)13(9-11)14(17)10-20-16(21)19-8-4-3-5-15(19)18-20/h3-9,14H,10,17H2,1-2H3. The second-order valence-corrected chi connectivity index (χ2v) is 5.36. The molecule has 21 heavy (non-hydrogen) atoms. The molecule has 0 aliphatic rings. The molecule has 0 aliphatic carbocycles. The average molecular weight is 282 g/mol. The van der Waals surface area contributed by atoms with Crippen LogP contribution in [0.4, 0.5) is 0 Å². The summed E-state index contributed by atoms with van der Waals surface area (Å²) in [6.45, 7) is 4.43. The number of hydrogen-bond acceptors (Lipinski definition) is 3. The van der Waals surface area contributed by atoms with Gasteiger partial charge in [-0.3, -0.25) is 4.40 Å². The summed E-state index contributed by atoms with van der Waals surface area (Å²) in [4.78, 5) is 12.3. The Labute approximate surface area is 122 Å². The molecular weight excluding hydrogens is 264 g/mol. The van der Waals surface area contributed by atoms with E-state index in [0.717, 1.165) is 16.7 Å². The van der Waals surface area contributed by atoms with Gasteiger partial charge in [-0.15, -0.1) is 5.10 Å². The lowest BCUT2D eigenvalue weighted by atomic mass is 9.99. The van der Waals surface area contributed by atoms with Gasteiger partial charge >= 0.3 is 5.69 Å². The van der Waals surface area contributed by atoms with Gasteiger partial charge in [0, 0.05) is 12.2 Å². The normalized spacial score (nSPS) is 12.7. The van der Waals surface area contributed by atoms with E-state index >= 15 is 0 Å². The number of rotatable bonds is 3. The summed E-state index contributed by atoms with van der Waals surface area (Å²) in [5.74, 6) is 0. The third-order valence-electron chi connectivity index (χ3n) is 3.69. The fourth-order valence-electron chi connectivity index (χ4n) is 2.53. The van der Waals surface area contributed by atoms with Crippen molar-refractivity contribution in [2.75, 3.05) is 0 Å². The Bertz CT molecular complexity index is 847. The van der Waals surface area contributed by atoms with E-state index in [1.807, 2.05) is 26.0 Å². The van der Waals surface area contributed by atoms with E-state index in [2.05, 4.69) is 23.3 Å². The van der Waals surface area contributed by atoms with Crippen molar-refractivity contribution in [3.63, 3.8) is 0 Å². The van der Waals surface area contributed by atoms with Crippen molar-refractivity contribution in [2.45, 2.75) is 26.4 Å².